The number of anilines is 1. The summed E-state index contributed by atoms with van der Waals surface area (Å²) in [7, 11) is 3.99. The van der Waals surface area contributed by atoms with Crippen molar-refractivity contribution in [1.82, 2.24) is 20.4 Å². The summed E-state index contributed by atoms with van der Waals surface area (Å²) in [5.41, 5.74) is 1.23. The third kappa shape index (κ3) is 5.92. The Balaban J connectivity index is 1.76. The Kier molecular flexibility index (Phi) is 6.62. The van der Waals surface area contributed by atoms with Crippen LogP contribution in [0.2, 0.25) is 0 Å². The summed E-state index contributed by atoms with van der Waals surface area (Å²) in [5.74, 6) is 0.0986. The maximum Gasteiger partial charge on any atom is 0.271 e. The minimum Gasteiger partial charge on any atom is -0.367 e. The SMILES string of the molecule is CN(C)CCNc1ccc(C(=O)NCCc2ccc(F)cc2)nn1. The lowest BCUT2D eigenvalue weighted by Gasteiger charge is -2.10. The highest BCUT2D eigenvalue weighted by atomic mass is 19.1. The van der Waals surface area contributed by atoms with Crippen LogP contribution in [0, 0.1) is 5.82 Å². The fourth-order valence-electron chi connectivity index (χ4n) is 2.02. The van der Waals surface area contributed by atoms with Crippen molar-refractivity contribution in [3.63, 3.8) is 0 Å². The van der Waals surface area contributed by atoms with E-state index in [0.717, 1.165) is 18.7 Å². The van der Waals surface area contributed by atoms with Crippen LogP contribution in [0.15, 0.2) is 36.4 Å². The molecule has 0 fully saturated rings. The second-order valence-electron chi connectivity index (χ2n) is 5.67. The molecular weight excluding hydrogens is 309 g/mol. The summed E-state index contributed by atoms with van der Waals surface area (Å²) in [6.45, 7) is 2.09. The van der Waals surface area contributed by atoms with Gasteiger partial charge in [0, 0.05) is 19.6 Å². The zero-order valence-corrected chi connectivity index (χ0v) is 13.9. The van der Waals surface area contributed by atoms with E-state index in [4.69, 9.17) is 0 Å². The van der Waals surface area contributed by atoms with Gasteiger partial charge in [0.05, 0.1) is 0 Å². The Labute approximate surface area is 141 Å². The van der Waals surface area contributed by atoms with E-state index >= 15 is 0 Å². The van der Waals surface area contributed by atoms with Crippen LogP contribution in [0.1, 0.15) is 16.1 Å². The van der Waals surface area contributed by atoms with Gasteiger partial charge in [-0.15, -0.1) is 10.2 Å². The number of nitrogens with one attached hydrogen (secondary N) is 2. The van der Waals surface area contributed by atoms with Crippen LogP contribution in [-0.4, -0.2) is 54.7 Å². The third-order valence-corrected chi connectivity index (χ3v) is 3.37. The van der Waals surface area contributed by atoms with Crippen LogP contribution < -0.4 is 10.6 Å². The highest BCUT2D eigenvalue weighted by Gasteiger charge is 2.07. The molecule has 0 radical (unpaired) electrons. The normalized spacial score (nSPS) is 10.7. The van der Waals surface area contributed by atoms with Crippen molar-refractivity contribution >= 4 is 11.7 Å². The number of halogens is 1. The molecule has 0 saturated heterocycles. The first-order valence-corrected chi connectivity index (χ1v) is 7.79. The minimum atomic E-state index is -0.274. The van der Waals surface area contributed by atoms with Gasteiger partial charge in [0.2, 0.25) is 0 Å². The van der Waals surface area contributed by atoms with Crippen LogP contribution in [0.25, 0.3) is 0 Å². The van der Waals surface area contributed by atoms with Crippen molar-refractivity contribution in [3.05, 3.63) is 53.5 Å². The second kappa shape index (κ2) is 8.93. The molecule has 0 aliphatic carbocycles. The summed E-state index contributed by atoms with van der Waals surface area (Å²) in [6.07, 6.45) is 0.629. The van der Waals surface area contributed by atoms with Crippen LogP contribution in [0.3, 0.4) is 0 Å². The molecule has 2 rings (SSSR count). The maximum absolute atomic E-state index is 12.8. The largest absolute Gasteiger partial charge is 0.367 e. The summed E-state index contributed by atoms with van der Waals surface area (Å²) in [4.78, 5) is 14.1. The summed E-state index contributed by atoms with van der Waals surface area (Å²) in [6, 6.07) is 9.59. The van der Waals surface area contributed by atoms with Gasteiger partial charge in [-0.1, -0.05) is 12.1 Å². The number of hydrogen-bond acceptors (Lipinski definition) is 5. The molecule has 1 heterocycles. The zero-order valence-electron chi connectivity index (χ0n) is 13.9. The van der Waals surface area contributed by atoms with E-state index in [1.54, 1.807) is 24.3 Å². The summed E-state index contributed by atoms with van der Waals surface area (Å²) < 4.78 is 12.8. The number of hydrogen-bond donors (Lipinski definition) is 2. The van der Waals surface area contributed by atoms with Gasteiger partial charge in [0.15, 0.2) is 5.69 Å². The van der Waals surface area contributed by atoms with Crippen LogP contribution in [0.5, 0.6) is 0 Å². The van der Waals surface area contributed by atoms with Crippen molar-refractivity contribution in [2.45, 2.75) is 6.42 Å². The number of carbonyl (C=O) groups excluding carboxylic acids is 1. The molecule has 1 aromatic carbocycles. The standard InChI is InChI=1S/C17H22FN5O/c1-23(2)12-11-19-16-8-7-15(21-22-16)17(24)20-10-9-13-3-5-14(18)6-4-13/h3-8H,9-12H2,1-2H3,(H,19,22)(H,20,24). The van der Waals surface area contributed by atoms with E-state index in [0.29, 0.717) is 18.8 Å². The molecule has 0 spiro atoms. The molecular formula is C17H22FN5O. The van der Waals surface area contributed by atoms with E-state index in [-0.39, 0.29) is 17.4 Å². The molecule has 6 nitrogen and oxygen atoms in total. The Morgan fingerprint density at radius 3 is 2.46 bits per heavy atom. The Bertz CT molecular complexity index is 643. The van der Waals surface area contributed by atoms with Crippen LogP contribution >= 0.6 is 0 Å². The smallest absolute Gasteiger partial charge is 0.271 e. The van der Waals surface area contributed by atoms with Gasteiger partial charge in [-0.3, -0.25) is 4.79 Å². The molecule has 0 atom stereocenters. The van der Waals surface area contributed by atoms with E-state index in [1.807, 2.05) is 14.1 Å². The first-order valence-electron chi connectivity index (χ1n) is 7.79. The molecule has 0 unspecified atom stereocenters. The Morgan fingerprint density at radius 1 is 1.08 bits per heavy atom. The van der Waals surface area contributed by atoms with Crippen LogP contribution in [0.4, 0.5) is 10.2 Å². The molecule has 2 N–H and O–H groups in total. The van der Waals surface area contributed by atoms with Gasteiger partial charge in [-0.2, -0.15) is 0 Å². The number of aromatic nitrogens is 2. The molecule has 1 amide bonds. The van der Waals surface area contributed by atoms with E-state index in [1.165, 1.54) is 12.1 Å². The molecule has 7 heteroatoms. The highest BCUT2D eigenvalue weighted by molar-refractivity contribution is 5.92. The molecule has 2 aromatic rings. The third-order valence-electron chi connectivity index (χ3n) is 3.37. The quantitative estimate of drug-likeness (QED) is 0.768. The van der Waals surface area contributed by atoms with Crippen molar-refractivity contribution in [2.75, 3.05) is 39.0 Å². The number of benzene rings is 1. The van der Waals surface area contributed by atoms with Gasteiger partial charge in [-0.05, 0) is 50.3 Å². The van der Waals surface area contributed by atoms with Gasteiger partial charge < -0.3 is 15.5 Å². The topological polar surface area (TPSA) is 70.2 Å². The lowest BCUT2D eigenvalue weighted by Crippen LogP contribution is -2.27. The molecule has 0 saturated carbocycles. The van der Waals surface area contributed by atoms with E-state index in [2.05, 4.69) is 25.7 Å². The van der Waals surface area contributed by atoms with Crippen molar-refractivity contribution in [1.29, 1.82) is 0 Å². The highest BCUT2D eigenvalue weighted by Crippen LogP contribution is 2.04. The number of carbonyl (C=O) groups is 1. The lowest BCUT2D eigenvalue weighted by atomic mass is 10.1. The minimum absolute atomic E-state index is 0.266. The van der Waals surface area contributed by atoms with Crippen molar-refractivity contribution in [2.24, 2.45) is 0 Å². The molecule has 0 bridgehead atoms. The van der Waals surface area contributed by atoms with Gasteiger partial charge in [0.25, 0.3) is 5.91 Å². The molecule has 0 aliphatic heterocycles. The average molecular weight is 331 g/mol. The summed E-state index contributed by atoms with van der Waals surface area (Å²) in [5, 5.41) is 13.8. The first-order chi connectivity index (χ1) is 11.5. The monoisotopic (exact) mass is 331 g/mol. The second-order valence-corrected chi connectivity index (χ2v) is 5.67. The maximum atomic E-state index is 12.8. The molecule has 1 aromatic heterocycles. The number of likely N-dealkylation sites (N-methyl/N-ethyl adjacent to an activating group) is 1. The zero-order chi connectivity index (χ0) is 17.4. The predicted octanol–water partition coefficient (Wildman–Crippen LogP) is 1.56. The Morgan fingerprint density at radius 2 is 1.83 bits per heavy atom. The fraction of sp³-hybridized carbons (Fsp3) is 0.353. The summed E-state index contributed by atoms with van der Waals surface area (Å²) >= 11 is 0. The number of rotatable bonds is 8. The van der Waals surface area contributed by atoms with Crippen molar-refractivity contribution < 1.29 is 9.18 Å². The number of amides is 1. The molecule has 24 heavy (non-hydrogen) atoms. The van der Waals surface area contributed by atoms with Gasteiger partial charge in [0.1, 0.15) is 11.6 Å². The van der Waals surface area contributed by atoms with Gasteiger partial charge >= 0.3 is 0 Å². The molecule has 0 aliphatic rings. The predicted molar refractivity (Wildman–Crippen MR) is 91.5 cm³/mol. The lowest BCUT2D eigenvalue weighted by molar-refractivity contribution is 0.0948. The number of nitrogens with zero attached hydrogens (tertiary/aromatic N) is 3. The van der Waals surface area contributed by atoms with E-state index in [9.17, 15) is 9.18 Å². The van der Waals surface area contributed by atoms with Crippen molar-refractivity contribution in [3.8, 4) is 0 Å². The molecule has 128 valence electrons. The fourth-order valence-corrected chi connectivity index (χ4v) is 2.02. The Hall–Kier alpha value is -2.54. The first kappa shape index (κ1) is 17.8. The van der Waals surface area contributed by atoms with E-state index < -0.39 is 0 Å². The van der Waals surface area contributed by atoms with Gasteiger partial charge in [-0.25, -0.2) is 4.39 Å². The van der Waals surface area contributed by atoms with Crippen LogP contribution in [-0.2, 0) is 6.42 Å². The average Bonchev–Trinajstić information content (AvgIpc) is 2.57.